The van der Waals surface area contributed by atoms with Crippen LogP contribution in [0.3, 0.4) is 0 Å². The van der Waals surface area contributed by atoms with Crippen molar-refractivity contribution in [2.75, 3.05) is 6.54 Å². The molecule has 33 heavy (non-hydrogen) atoms. The van der Waals surface area contributed by atoms with Gasteiger partial charge in [0.2, 0.25) is 0 Å². The van der Waals surface area contributed by atoms with Gasteiger partial charge in [-0.3, -0.25) is 9.63 Å². The highest BCUT2D eigenvalue weighted by atomic mass is 19.1. The zero-order chi connectivity index (χ0) is 24.1. The maximum absolute atomic E-state index is 17.2. The molecule has 182 valence electrons. The summed E-state index contributed by atoms with van der Waals surface area (Å²) < 4.78 is 32.7. The van der Waals surface area contributed by atoms with Crippen molar-refractivity contribution < 1.29 is 33.4 Å². The lowest BCUT2D eigenvalue weighted by molar-refractivity contribution is -0.280. The monoisotopic (exact) mass is 465 g/mol. The second-order valence-electron chi connectivity index (χ2n) is 11.3. The van der Waals surface area contributed by atoms with E-state index in [1.165, 1.54) is 12.2 Å². The van der Waals surface area contributed by atoms with Gasteiger partial charge in [0.25, 0.3) is 0 Å². The summed E-state index contributed by atoms with van der Waals surface area (Å²) in [5, 5.41) is 23.5. The van der Waals surface area contributed by atoms with Gasteiger partial charge in [0.1, 0.15) is 6.17 Å². The van der Waals surface area contributed by atoms with Crippen LogP contribution in [-0.2, 0) is 14.4 Å². The van der Waals surface area contributed by atoms with Gasteiger partial charge in [-0.1, -0.05) is 19.9 Å². The Kier molecular flexibility index (Phi) is 4.87. The van der Waals surface area contributed by atoms with E-state index in [1.54, 1.807) is 18.9 Å². The largest absolute Gasteiger partial charge is 0.479 e. The first-order valence-corrected chi connectivity index (χ1v) is 12.0. The van der Waals surface area contributed by atoms with Crippen LogP contribution in [0.2, 0.25) is 0 Å². The van der Waals surface area contributed by atoms with Gasteiger partial charge in [-0.15, -0.1) is 0 Å². The molecule has 3 saturated carbocycles. The number of hydrogen-bond acceptors (Lipinski definition) is 5. The van der Waals surface area contributed by atoms with E-state index >= 15 is 8.78 Å². The summed E-state index contributed by atoms with van der Waals surface area (Å²) in [6.07, 6.45) is 1.63. The van der Waals surface area contributed by atoms with Crippen LogP contribution in [0, 0.1) is 28.6 Å². The lowest BCUT2D eigenvalue weighted by Crippen LogP contribution is -2.70. The molecule has 0 radical (unpaired) electrons. The second-order valence-corrected chi connectivity index (χ2v) is 11.3. The average Bonchev–Trinajstić information content (AvgIpc) is 3.25. The van der Waals surface area contributed by atoms with Gasteiger partial charge in [-0.25, -0.2) is 13.6 Å². The number of allylic oxidation sites excluding steroid dienone is 4. The molecule has 0 aromatic rings. The highest BCUT2D eigenvalue weighted by Gasteiger charge is 2.80. The van der Waals surface area contributed by atoms with Crippen molar-refractivity contribution in [1.29, 1.82) is 0 Å². The topological polar surface area (TPSA) is 87.1 Å². The molecule has 0 bridgehead atoms. The molecule has 0 aromatic carbocycles. The molecule has 4 aliphatic carbocycles. The predicted molar refractivity (Wildman–Crippen MR) is 115 cm³/mol. The number of nitrogens with zero attached hydrogens (tertiary/aromatic N) is 1. The molecule has 0 amide bonds. The third kappa shape index (κ3) is 2.52. The second kappa shape index (κ2) is 6.95. The number of carbonyl (C=O) groups excluding carboxylic acids is 1. The first-order valence-electron chi connectivity index (χ1n) is 12.0. The fourth-order valence-electron chi connectivity index (χ4n) is 8.11. The Hall–Kier alpha value is -1.64. The number of aliphatic hydroxyl groups is 1. The number of carbonyl (C=O) groups is 2. The van der Waals surface area contributed by atoms with E-state index in [1.807, 2.05) is 13.8 Å². The number of rotatable bonds is 3. The van der Waals surface area contributed by atoms with E-state index in [-0.39, 0.29) is 36.2 Å². The standard InChI is InChI=1S/C25H33F2NO5/c1-5-13(2)28-12-14-8-16-17-10-19(26)18-9-15(29)6-7-22(18,3)24(17,27)20(30)11-23(16,4)25(14,33-28)21(31)32/h6-7,9,13-14,16-17,19-20,30H,5,8,10-12H2,1-4H3,(H,31,32)/t13?,14-,16-,17-,19-,20-,22-,23-,24-,25-/m0/s1. The van der Waals surface area contributed by atoms with Crippen LogP contribution in [0.15, 0.2) is 23.8 Å². The molecule has 1 aliphatic heterocycles. The number of aliphatic carboxylic acids is 1. The van der Waals surface area contributed by atoms with E-state index in [4.69, 9.17) is 4.84 Å². The number of halogens is 2. The summed E-state index contributed by atoms with van der Waals surface area (Å²) in [6.45, 7) is 7.70. The minimum atomic E-state index is -2.21. The normalized spacial score (nSPS) is 51.9. The molecule has 0 spiro atoms. The highest BCUT2D eigenvalue weighted by Crippen LogP contribution is 2.72. The van der Waals surface area contributed by atoms with Crippen molar-refractivity contribution in [3.8, 4) is 0 Å². The minimum Gasteiger partial charge on any atom is -0.479 e. The molecule has 5 aliphatic rings. The Morgan fingerprint density at radius 1 is 1.33 bits per heavy atom. The van der Waals surface area contributed by atoms with Gasteiger partial charge < -0.3 is 10.2 Å². The zero-order valence-corrected chi connectivity index (χ0v) is 19.6. The Balaban J connectivity index is 1.61. The first-order chi connectivity index (χ1) is 15.4. The Morgan fingerprint density at radius 3 is 2.67 bits per heavy atom. The highest BCUT2D eigenvalue weighted by molar-refractivity contribution is 6.01. The Labute approximate surface area is 192 Å². The molecule has 1 heterocycles. The third-order valence-corrected chi connectivity index (χ3v) is 10.0. The van der Waals surface area contributed by atoms with Crippen LogP contribution < -0.4 is 0 Å². The lowest BCUT2D eigenvalue weighted by Gasteiger charge is -2.63. The van der Waals surface area contributed by atoms with Crippen LogP contribution in [0.4, 0.5) is 8.78 Å². The van der Waals surface area contributed by atoms with Crippen LogP contribution in [0.1, 0.15) is 53.4 Å². The number of alkyl halides is 2. The number of fused-ring (bicyclic) bond motifs is 7. The summed E-state index contributed by atoms with van der Waals surface area (Å²) in [6, 6.07) is 0.0177. The van der Waals surface area contributed by atoms with Gasteiger partial charge in [-0.05, 0) is 63.2 Å². The van der Waals surface area contributed by atoms with Crippen molar-refractivity contribution in [1.82, 2.24) is 5.06 Å². The van der Waals surface area contributed by atoms with Crippen LogP contribution >= 0.6 is 0 Å². The summed E-state index contributed by atoms with van der Waals surface area (Å²) in [7, 11) is 0. The van der Waals surface area contributed by atoms with Crippen molar-refractivity contribution in [2.24, 2.45) is 28.6 Å². The Bertz CT molecular complexity index is 968. The molecule has 2 N–H and O–H groups in total. The molecule has 1 unspecified atom stereocenters. The molecule has 0 aromatic heterocycles. The molecule has 6 nitrogen and oxygen atoms in total. The number of hydrogen-bond donors (Lipinski definition) is 2. The molecule has 5 rings (SSSR count). The zero-order valence-electron chi connectivity index (χ0n) is 19.6. The number of hydroxylamine groups is 2. The molecule has 10 atom stereocenters. The Morgan fingerprint density at radius 2 is 2.03 bits per heavy atom. The number of aliphatic hydroxyl groups excluding tert-OH is 1. The molecular weight excluding hydrogens is 432 g/mol. The van der Waals surface area contributed by atoms with E-state index in [9.17, 15) is 19.8 Å². The SMILES string of the molecule is CCC(C)N1C[C@@H]2C[C@H]3[C@@H]4C[C@H](F)C5=CC(=O)C=C[C@]5(C)[C@@]4(F)[C@@H](O)C[C@]3(C)[C@]2(C(=O)O)O1. The number of carboxylic acid groups (broad SMARTS) is 1. The first kappa shape index (κ1) is 23.1. The molecular formula is C25H33F2NO5. The number of ketones is 1. The molecule has 1 saturated heterocycles. The molecule has 8 heteroatoms. The van der Waals surface area contributed by atoms with Crippen molar-refractivity contribution in [3.63, 3.8) is 0 Å². The fraction of sp³-hybridized carbons (Fsp3) is 0.760. The van der Waals surface area contributed by atoms with Gasteiger partial charge in [0.05, 0.1) is 6.10 Å². The van der Waals surface area contributed by atoms with Crippen molar-refractivity contribution in [2.45, 2.75) is 83.0 Å². The summed E-state index contributed by atoms with van der Waals surface area (Å²) in [5.74, 6) is -3.26. The van der Waals surface area contributed by atoms with Crippen LogP contribution in [0.5, 0.6) is 0 Å². The van der Waals surface area contributed by atoms with E-state index in [0.717, 1.165) is 12.5 Å². The smallest absolute Gasteiger partial charge is 0.339 e. The maximum Gasteiger partial charge on any atom is 0.339 e. The van der Waals surface area contributed by atoms with Gasteiger partial charge in [0.15, 0.2) is 17.1 Å². The number of carboxylic acids is 1. The van der Waals surface area contributed by atoms with E-state index in [2.05, 4.69) is 0 Å². The summed E-state index contributed by atoms with van der Waals surface area (Å²) >= 11 is 0. The van der Waals surface area contributed by atoms with Gasteiger partial charge in [-0.2, -0.15) is 5.06 Å². The van der Waals surface area contributed by atoms with E-state index in [0.29, 0.717) is 13.0 Å². The maximum atomic E-state index is 17.2. The fourth-order valence-corrected chi connectivity index (χ4v) is 8.11. The third-order valence-electron chi connectivity index (χ3n) is 10.0. The average molecular weight is 466 g/mol. The minimum absolute atomic E-state index is 0.0177. The van der Waals surface area contributed by atoms with Crippen molar-refractivity contribution >= 4 is 11.8 Å². The lowest BCUT2D eigenvalue weighted by atomic mass is 9.44. The van der Waals surface area contributed by atoms with Crippen LogP contribution in [0.25, 0.3) is 0 Å². The quantitative estimate of drug-likeness (QED) is 0.665. The van der Waals surface area contributed by atoms with Gasteiger partial charge >= 0.3 is 5.97 Å². The predicted octanol–water partition coefficient (Wildman–Crippen LogP) is 3.40. The van der Waals surface area contributed by atoms with E-state index < -0.39 is 52.2 Å². The summed E-state index contributed by atoms with van der Waals surface area (Å²) in [5.41, 5.74) is -6.28. The summed E-state index contributed by atoms with van der Waals surface area (Å²) in [4.78, 5) is 31.0. The van der Waals surface area contributed by atoms with Crippen molar-refractivity contribution in [3.05, 3.63) is 23.8 Å². The molecule has 4 fully saturated rings. The van der Waals surface area contributed by atoms with Gasteiger partial charge in [0, 0.05) is 35.3 Å². The van der Waals surface area contributed by atoms with Crippen LogP contribution in [-0.4, -0.2) is 63.2 Å².